The van der Waals surface area contributed by atoms with Crippen molar-refractivity contribution < 1.29 is 29.0 Å². The number of rotatable bonds is 19. The molecular formula is C30H51ClN4O6. The third-order valence-corrected chi connectivity index (χ3v) is 7.67. The van der Waals surface area contributed by atoms with Crippen LogP contribution in [-0.4, -0.2) is 61.8 Å². The average molecular weight is 599 g/mol. The van der Waals surface area contributed by atoms with E-state index in [-0.39, 0.29) is 49.0 Å². The second-order valence-corrected chi connectivity index (χ2v) is 12.5. The van der Waals surface area contributed by atoms with Crippen LogP contribution in [0.4, 0.5) is 5.69 Å². The smallest absolute Gasteiger partial charge is 0.224 e. The summed E-state index contributed by atoms with van der Waals surface area (Å²) in [5.41, 5.74) is 11.4. The summed E-state index contributed by atoms with van der Waals surface area (Å²) in [5.74, 6) is -1.05. The fourth-order valence-corrected chi connectivity index (χ4v) is 4.46. The second kappa shape index (κ2) is 17.5. The molecule has 0 aliphatic heterocycles. The highest BCUT2D eigenvalue weighted by Crippen LogP contribution is 2.30. The van der Waals surface area contributed by atoms with E-state index in [4.69, 9.17) is 32.5 Å². The lowest BCUT2D eigenvalue weighted by atomic mass is 9.81. The lowest BCUT2D eigenvalue weighted by Crippen LogP contribution is -2.46. The number of hydrogen-bond donors (Lipinski definition) is 5. The molecule has 11 heteroatoms. The van der Waals surface area contributed by atoms with E-state index in [9.17, 15) is 19.5 Å². The largest absolute Gasteiger partial charge is 0.491 e. The number of nitrogens with one attached hydrogen (secondary N) is 2. The summed E-state index contributed by atoms with van der Waals surface area (Å²) in [6.45, 7) is 12.2. The number of aliphatic hydroxyl groups excluding tert-OH is 1. The minimum Gasteiger partial charge on any atom is -0.491 e. The van der Waals surface area contributed by atoms with Crippen molar-refractivity contribution in [1.29, 1.82) is 0 Å². The fourth-order valence-electron chi connectivity index (χ4n) is 4.29. The number of carbonyl (C=O) groups is 3. The van der Waals surface area contributed by atoms with Crippen LogP contribution < -0.4 is 26.8 Å². The van der Waals surface area contributed by atoms with E-state index < -0.39 is 29.4 Å². The first-order valence-electron chi connectivity index (χ1n) is 14.3. The molecule has 0 aliphatic carbocycles. The van der Waals surface area contributed by atoms with Gasteiger partial charge in [0.1, 0.15) is 5.75 Å². The van der Waals surface area contributed by atoms with Crippen LogP contribution in [0.3, 0.4) is 0 Å². The fraction of sp³-hybridized carbons (Fsp3) is 0.700. The predicted octanol–water partition coefficient (Wildman–Crippen LogP) is 3.72. The maximum absolute atomic E-state index is 13.1. The van der Waals surface area contributed by atoms with Crippen LogP contribution in [0.25, 0.3) is 0 Å². The van der Waals surface area contributed by atoms with Gasteiger partial charge in [0, 0.05) is 50.1 Å². The predicted molar refractivity (Wildman–Crippen MR) is 163 cm³/mol. The summed E-state index contributed by atoms with van der Waals surface area (Å²) in [6.07, 6.45) is 0.479. The van der Waals surface area contributed by atoms with Crippen LogP contribution in [0.1, 0.15) is 67.2 Å². The first-order chi connectivity index (χ1) is 19.1. The molecule has 4 atom stereocenters. The molecule has 0 saturated carbocycles. The first-order valence-corrected chi connectivity index (χ1v) is 14.7. The molecule has 41 heavy (non-hydrogen) atoms. The van der Waals surface area contributed by atoms with Crippen molar-refractivity contribution in [3.63, 3.8) is 0 Å². The number of hydrogen-bond acceptors (Lipinski definition) is 7. The number of halogens is 1. The molecule has 0 heterocycles. The van der Waals surface area contributed by atoms with E-state index in [1.165, 1.54) is 0 Å². The molecule has 0 fully saturated rings. The third-order valence-electron chi connectivity index (χ3n) is 7.43. The Morgan fingerprint density at radius 2 is 1.73 bits per heavy atom. The molecule has 1 aromatic carbocycles. The molecule has 0 saturated heterocycles. The maximum atomic E-state index is 13.1. The molecule has 7 N–H and O–H groups in total. The SMILES string of the molecule is COCCCOc1ccc(Cl)cc1NC(=O)C[C@@H](C[C@H](N)[C@@H](O)C[C@H](C(=O)NCC(C)(C)C(N)=O)C(C)C)C(C)C. The molecule has 1 rings (SSSR count). The second-order valence-electron chi connectivity index (χ2n) is 12.1. The number of nitrogens with two attached hydrogens (primary N) is 2. The standard InChI is InChI=1S/C30H51ClN4O6/c1-18(2)20(14-27(37)35-24-15-21(31)9-10-26(24)41-12-8-11-40-7)13-23(32)25(36)16-22(19(3)4)28(38)34-17-30(5,6)29(33)39/h9-10,15,18-20,22-23,25,36H,8,11-14,16-17,32H2,1-7H3,(H2,33,39)(H,34,38)(H,35,37)/t20-,22+,23+,25+/m1/s1. The number of anilines is 1. The minimum atomic E-state index is -0.957. The molecule has 0 unspecified atom stereocenters. The van der Waals surface area contributed by atoms with Crippen LogP contribution in [0.5, 0.6) is 5.75 Å². The highest BCUT2D eigenvalue weighted by molar-refractivity contribution is 6.31. The lowest BCUT2D eigenvalue weighted by Gasteiger charge is -2.30. The topological polar surface area (TPSA) is 166 Å². The summed E-state index contributed by atoms with van der Waals surface area (Å²) in [5, 5.41) is 17.1. The van der Waals surface area contributed by atoms with Crippen molar-refractivity contribution in [2.24, 2.45) is 40.6 Å². The Labute approximate surface area is 250 Å². The zero-order chi connectivity index (χ0) is 31.3. The Hall–Kier alpha value is -2.40. The first kappa shape index (κ1) is 36.6. The van der Waals surface area contributed by atoms with Crippen LogP contribution >= 0.6 is 11.6 Å². The van der Waals surface area contributed by atoms with Gasteiger partial charge in [0.25, 0.3) is 0 Å². The lowest BCUT2D eigenvalue weighted by molar-refractivity contribution is -0.130. The maximum Gasteiger partial charge on any atom is 0.224 e. The van der Waals surface area contributed by atoms with Gasteiger partial charge in [-0.2, -0.15) is 0 Å². The average Bonchev–Trinajstić information content (AvgIpc) is 2.88. The Bertz CT molecular complexity index is 988. The normalized spacial score (nSPS) is 14.8. The van der Waals surface area contributed by atoms with Crippen LogP contribution in [0, 0.1) is 29.1 Å². The Balaban J connectivity index is 2.82. The van der Waals surface area contributed by atoms with E-state index in [0.717, 1.165) is 0 Å². The number of primary amides is 1. The van der Waals surface area contributed by atoms with Crippen molar-refractivity contribution in [3.8, 4) is 5.75 Å². The van der Waals surface area contributed by atoms with Crippen molar-refractivity contribution in [2.45, 2.75) is 79.4 Å². The van der Waals surface area contributed by atoms with Gasteiger partial charge in [0.2, 0.25) is 17.7 Å². The molecule has 0 radical (unpaired) electrons. The Morgan fingerprint density at radius 3 is 2.29 bits per heavy atom. The van der Waals surface area contributed by atoms with Gasteiger partial charge in [-0.15, -0.1) is 0 Å². The van der Waals surface area contributed by atoms with E-state index in [2.05, 4.69) is 10.6 Å². The quantitative estimate of drug-likeness (QED) is 0.151. The van der Waals surface area contributed by atoms with Gasteiger partial charge < -0.3 is 36.7 Å². The third kappa shape index (κ3) is 13.0. The van der Waals surface area contributed by atoms with Crippen LogP contribution in [0.15, 0.2) is 18.2 Å². The molecule has 1 aromatic rings. The zero-order valence-corrected chi connectivity index (χ0v) is 26.4. The molecule has 10 nitrogen and oxygen atoms in total. The molecule has 0 aromatic heterocycles. The number of aliphatic hydroxyl groups is 1. The number of carbonyl (C=O) groups excluding carboxylic acids is 3. The number of amides is 3. The Kier molecular flexibility index (Phi) is 15.7. The van der Waals surface area contributed by atoms with Crippen LogP contribution in [0.2, 0.25) is 5.02 Å². The summed E-state index contributed by atoms with van der Waals surface area (Å²) in [4.78, 5) is 37.6. The molecule has 0 bridgehead atoms. The number of methoxy groups -OCH3 is 1. The molecule has 3 amide bonds. The monoisotopic (exact) mass is 598 g/mol. The van der Waals surface area contributed by atoms with Gasteiger partial charge in [-0.1, -0.05) is 39.3 Å². The number of benzene rings is 1. The highest BCUT2D eigenvalue weighted by atomic mass is 35.5. The van der Waals surface area contributed by atoms with Crippen molar-refractivity contribution in [1.82, 2.24) is 5.32 Å². The van der Waals surface area contributed by atoms with Crippen LogP contribution in [-0.2, 0) is 19.1 Å². The summed E-state index contributed by atoms with van der Waals surface area (Å²) in [6, 6.07) is 4.42. The van der Waals surface area contributed by atoms with Gasteiger partial charge in [-0.3, -0.25) is 14.4 Å². The minimum absolute atomic E-state index is 0.0659. The van der Waals surface area contributed by atoms with Gasteiger partial charge >= 0.3 is 0 Å². The molecule has 0 aliphatic rings. The van der Waals surface area contributed by atoms with E-state index in [0.29, 0.717) is 42.5 Å². The van der Waals surface area contributed by atoms with Crippen molar-refractivity contribution >= 4 is 35.0 Å². The van der Waals surface area contributed by atoms with Gasteiger partial charge in [-0.05, 0) is 62.6 Å². The summed E-state index contributed by atoms with van der Waals surface area (Å²) < 4.78 is 10.9. The summed E-state index contributed by atoms with van der Waals surface area (Å²) in [7, 11) is 1.62. The highest BCUT2D eigenvalue weighted by Gasteiger charge is 2.32. The zero-order valence-electron chi connectivity index (χ0n) is 25.7. The Morgan fingerprint density at radius 1 is 1.07 bits per heavy atom. The van der Waals surface area contributed by atoms with E-state index in [1.54, 1.807) is 39.2 Å². The molecule has 0 spiro atoms. The van der Waals surface area contributed by atoms with Gasteiger partial charge in [0.05, 0.1) is 23.8 Å². The van der Waals surface area contributed by atoms with Gasteiger partial charge in [0.15, 0.2) is 0 Å². The van der Waals surface area contributed by atoms with E-state index in [1.807, 2.05) is 27.7 Å². The molecular weight excluding hydrogens is 548 g/mol. The van der Waals surface area contributed by atoms with Crippen molar-refractivity contribution in [3.05, 3.63) is 23.2 Å². The van der Waals surface area contributed by atoms with E-state index >= 15 is 0 Å². The van der Waals surface area contributed by atoms with Crippen molar-refractivity contribution in [2.75, 3.05) is 32.2 Å². The molecule has 234 valence electrons. The summed E-state index contributed by atoms with van der Waals surface area (Å²) >= 11 is 6.17. The van der Waals surface area contributed by atoms with Gasteiger partial charge in [-0.25, -0.2) is 0 Å². The number of ether oxygens (including phenoxy) is 2.